The Hall–Kier alpha value is -2.98. The molecule has 1 atom stereocenters. The lowest BCUT2D eigenvalue weighted by atomic mass is 10.1. The highest BCUT2D eigenvalue weighted by atomic mass is 35.5. The fourth-order valence-electron chi connectivity index (χ4n) is 4.68. The highest BCUT2D eigenvalue weighted by Crippen LogP contribution is 2.30. The normalized spacial score (nSPS) is 14.6. The average molecular weight is 566 g/mol. The lowest BCUT2D eigenvalue weighted by molar-refractivity contribution is -0.140. The van der Waals surface area contributed by atoms with Gasteiger partial charge >= 0.3 is 0 Å². The van der Waals surface area contributed by atoms with Crippen LogP contribution in [0.2, 0.25) is 5.02 Å². The molecule has 0 saturated heterocycles. The number of carbonyl (C=O) groups excluding carboxylic acids is 2. The van der Waals surface area contributed by atoms with Crippen LogP contribution in [0.1, 0.15) is 44.6 Å². The molecule has 1 saturated carbocycles. The number of hydrogen-bond acceptors (Lipinski definition) is 6. The van der Waals surface area contributed by atoms with E-state index in [0.717, 1.165) is 41.8 Å². The van der Waals surface area contributed by atoms with E-state index in [0.29, 0.717) is 17.9 Å². The number of hydrogen-bond donors (Lipinski definition) is 1. The van der Waals surface area contributed by atoms with Crippen LogP contribution in [-0.4, -0.2) is 64.2 Å². The molecule has 0 spiro atoms. The Morgan fingerprint density at radius 1 is 1.11 bits per heavy atom. The van der Waals surface area contributed by atoms with Crippen molar-refractivity contribution in [1.29, 1.82) is 0 Å². The van der Waals surface area contributed by atoms with Gasteiger partial charge in [0.05, 0.1) is 31.2 Å². The Morgan fingerprint density at radius 3 is 2.39 bits per heavy atom. The van der Waals surface area contributed by atoms with Crippen LogP contribution >= 0.6 is 11.6 Å². The number of nitrogens with one attached hydrogen (secondary N) is 1. The minimum Gasteiger partial charge on any atom is -0.497 e. The highest BCUT2D eigenvalue weighted by molar-refractivity contribution is 7.92. The second-order valence-corrected chi connectivity index (χ2v) is 11.7. The van der Waals surface area contributed by atoms with Crippen LogP contribution in [0.4, 0.5) is 5.69 Å². The fourth-order valence-corrected chi connectivity index (χ4v) is 5.77. The van der Waals surface area contributed by atoms with Crippen LogP contribution in [0, 0.1) is 0 Å². The van der Waals surface area contributed by atoms with E-state index in [-0.39, 0.29) is 29.2 Å². The SMILES string of the molecule is CC[C@@H](C(=O)NC1CCCC1)N(Cc1cccc(OC)c1)C(=O)CN(c1ccc(OC)c(Cl)c1)S(C)(=O)=O. The van der Waals surface area contributed by atoms with Crippen molar-refractivity contribution in [3.8, 4) is 11.5 Å². The zero-order valence-corrected chi connectivity index (χ0v) is 23.8. The van der Waals surface area contributed by atoms with E-state index in [1.165, 1.54) is 30.2 Å². The maximum Gasteiger partial charge on any atom is 0.244 e. The third kappa shape index (κ3) is 7.54. The van der Waals surface area contributed by atoms with Crippen molar-refractivity contribution >= 4 is 39.1 Å². The molecule has 0 bridgehead atoms. The van der Waals surface area contributed by atoms with Gasteiger partial charge in [0, 0.05) is 12.6 Å². The molecule has 38 heavy (non-hydrogen) atoms. The molecule has 0 radical (unpaired) electrons. The Balaban J connectivity index is 1.95. The molecule has 2 amide bonds. The summed E-state index contributed by atoms with van der Waals surface area (Å²) in [6.07, 6.45) is 5.32. The number of sulfonamides is 1. The molecule has 0 aliphatic heterocycles. The van der Waals surface area contributed by atoms with Gasteiger partial charge in [0.1, 0.15) is 24.1 Å². The van der Waals surface area contributed by atoms with Gasteiger partial charge in [0.25, 0.3) is 0 Å². The van der Waals surface area contributed by atoms with E-state index >= 15 is 0 Å². The predicted molar refractivity (Wildman–Crippen MR) is 148 cm³/mol. The monoisotopic (exact) mass is 565 g/mol. The summed E-state index contributed by atoms with van der Waals surface area (Å²) < 4.78 is 37.0. The second kappa shape index (κ2) is 13.2. The lowest BCUT2D eigenvalue weighted by Crippen LogP contribution is -2.53. The molecule has 1 aliphatic rings. The minimum atomic E-state index is -3.87. The number of benzene rings is 2. The smallest absolute Gasteiger partial charge is 0.244 e. The third-order valence-electron chi connectivity index (χ3n) is 6.68. The summed E-state index contributed by atoms with van der Waals surface area (Å²) in [5, 5.41) is 3.30. The van der Waals surface area contributed by atoms with Crippen LogP contribution in [0.3, 0.4) is 0 Å². The van der Waals surface area contributed by atoms with Gasteiger partial charge in [-0.05, 0) is 55.2 Å². The van der Waals surface area contributed by atoms with Gasteiger partial charge in [-0.15, -0.1) is 0 Å². The second-order valence-electron chi connectivity index (χ2n) is 9.38. The highest BCUT2D eigenvalue weighted by Gasteiger charge is 2.33. The zero-order chi connectivity index (χ0) is 27.9. The first-order valence-electron chi connectivity index (χ1n) is 12.6. The number of halogens is 1. The maximum absolute atomic E-state index is 13.8. The topological polar surface area (TPSA) is 105 Å². The number of rotatable bonds is 12. The molecule has 0 unspecified atom stereocenters. The summed E-state index contributed by atoms with van der Waals surface area (Å²) in [4.78, 5) is 28.6. The summed E-state index contributed by atoms with van der Waals surface area (Å²) in [5.41, 5.74) is 0.972. The summed E-state index contributed by atoms with van der Waals surface area (Å²) in [6, 6.07) is 11.0. The molecule has 3 rings (SSSR count). The first-order valence-corrected chi connectivity index (χ1v) is 14.8. The number of methoxy groups -OCH3 is 2. The fraction of sp³-hybridized carbons (Fsp3) is 0.481. The van der Waals surface area contributed by atoms with Gasteiger partial charge in [-0.3, -0.25) is 13.9 Å². The van der Waals surface area contributed by atoms with E-state index in [4.69, 9.17) is 21.1 Å². The van der Waals surface area contributed by atoms with Crippen LogP contribution in [0.5, 0.6) is 11.5 Å². The lowest BCUT2D eigenvalue weighted by Gasteiger charge is -2.33. The van der Waals surface area contributed by atoms with Gasteiger partial charge in [-0.2, -0.15) is 0 Å². The molecule has 2 aromatic rings. The number of amides is 2. The third-order valence-corrected chi connectivity index (χ3v) is 8.11. The van der Waals surface area contributed by atoms with Crippen LogP contribution in [0.15, 0.2) is 42.5 Å². The summed E-state index contributed by atoms with van der Waals surface area (Å²) in [7, 11) is -0.865. The van der Waals surface area contributed by atoms with Crippen LogP contribution in [-0.2, 0) is 26.2 Å². The molecular weight excluding hydrogens is 530 g/mol. The molecule has 1 aliphatic carbocycles. The molecular formula is C27H36ClN3O6S. The first kappa shape index (κ1) is 29.6. The van der Waals surface area contributed by atoms with Gasteiger partial charge in [0.15, 0.2) is 0 Å². The van der Waals surface area contributed by atoms with E-state index in [2.05, 4.69) is 5.32 Å². The Bertz CT molecular complexity index is 1230. The standard InChI is InChI=1S/C27H36ClN3O6S/c1-5-24(27(33)29-20-10-6-7-11-20)30(17-19-9-8-12-22(15-19)36-2)26(32)18-31(38(4,34)35)21-13-14-25(37-3)23(28)16-21/h8-9,12-16,20,24H,5-7,10-11,17-18H2,1-4H3,(H,29,33)/t24-/m0/s1. The molecule has 9 nitrogen and oxygen atoms in total. The van der Waals surface area contributed by atoms with Crippen molar-refractivity contribution in [3.63, 3.8) is 0 Å². The number of nitrogens with zero attached hydrogens (tertiary/aromatic N) is 2. The van der Waals surface area contributed by atoms with Crippen molar-refractivity contribution in [2.75, 3.05) is 31.3 Å². The molecule has 2 aromatic carbocycles. The van der Waals surface area contributed by atoms with E-state index in [1.807, 2.05) is 13.0 Å². The van der Waals surface area contributed by atoms with Crippen molar-refractivity contribution in [2.45, 2.75) is 57.7 Å². The van der Waals surface area contributed by atoms with Crippen molar-refractivity contribution in [2.24, 2.45) is 0 Å². The number of anilines is 1. The zero-order valence-electron chi connectivity index (χ0n) is 22.3. The maximum atomic E-state index is 13.8. The van der Waals surface area contributed by atoms with Gasteiger partial charge in [-0.1, -0.05) is 43.5 Å². The van der Waals surface area contributed by atoms with E-state index in [1.54, 1.807) is 25.3 Å². The van der Waals surface area contributed by atoms with Crippen molar-refractivity contribution in [3.05, 3.63) is 53.1 Å². The summed E-state index contributed by atoms with van der Waals surface area (Å²) >= 11 is 6.25. The molecule has 208 valence electrons. The average Bonchev–Trinajstić information content (AvgIpc) is 3.39. The van der Waals surface area contributed by atoms with Gasteiger partial charge in [-0.25, -0.2) is 8.42 Å². The first-order chi connectivity index (χ1) is 18.1. The van der Waals surface area contributed by atoms with Crippen LogP contribution in [0.25, 0.3) is 0 Å². The number of carbonyl (C=O) groups is 2. The van der Waals surface area contributed by atoms with Gasteiger partial charge < -0.3 is 19.7 Å². The summed E-state index contributed by atoms with van der Waals surface area (Å²) in [5.74, 6) is 0.237. The summed E-state index contributed by atoms with van der Waals surface area (Å²) in [6.45, 7) is 1.44. The molecule has 0 aromatic heterocycles. The van der Waals surface area contributed by atoms with Crippen molar-refractivity contribution < 1.29 is 27.5 Å². The van der Waals surface area contributed by atoms with E-state index in [9.17, 15) is 18.0 Å². The Labute approximate surface area is 230 Å². The quantitative estimate of drug-likeness (QED) is 0.417. The Morgan fingerprint density at radius 2 is 1.82 bits per heavy atom. The predicted octanol–water partition coefficient (Wildman–Crippen LogP) is 3.99. The molecule has 11 heteroatoms. The minimum absolute atomic E-state index is 0.0827. The van der Waals surface area contributed by atoms with E-state index < -0.39 is 28.5 Å². The molecule has 1 N–H and O–H groups in total. The van der Waals surface area contributed by atoms with Crippen molar-refractivity contribution in [1.82, 2.24) is 10.2 Å². The number of ether oxygens (including phenoxy) is 2. The Kier molecular flexibility index (Phi) is 10.3. The largest absolute Gasteiger partial charge is 0.497 e. The van der Waals surface area contributed by atoms with Gasteiger partial charge in [0.2, 0.25) is 21.8 Å². The molecule has 0 heterocycles. The molecule has 1 fully saturated rings. The van der Waals surface area contributed by atoms with Crippen LogP contribution < -0.4 is 19.1 Å².